The maximum Gasteiger partial charge on any atom is 0.695 e. The molecule has 0 amide bonds. The van der Waals surface area contributed by atoms with Crippen molar-refractivity contribution in [2.75, 3.05) is 13.1 Å². The van der Waals surface area contributed by atoms with Gasteiger partial charge in [0.15, 0.2) is 0 Å². The molecule has 1 rings (SSSR count). The van der Waals surface area contributed by atoms with Gasteiger partial charge in [0.25, 0.3) is 0 Å². The Labute approximate surface area is 116 Å². The predicted octanol–water partition coefficient (Wildman–Crippen LogP) is 2.52. The van der Waals surface area contributed by atoms with Crippen LogP contribution in [0.3, 0.4) is 0 Å². The maximum atomic E-state index is 13.0. The molecule has 9 heteroatoms. The molecule has 0 spiro atoms. The third-order valence-electron chi connectivity index (χ3n) is 2.05. The van der Waals surface area contributed by atoms with E-state index in [1.54, 1.807) is 0 Å². The quantitative estimate of drug-likeness (QED) is 0.475. The van der Waals surface area contributed by atoms with Gasteiger partial charge in [0.05, 0.1) is 4.92 Å². The summed E-state index contributed by atoms with van der Waals surface area (Å²) < 4.78 is 27.5. The van der Waals surface area contributed by atoms with Crippen LogP contribution in [0.15, 0.2) is 18.2 Å². The number of hydrogen-bond acceptors (Lipinski definition) is 5. The lowest BCUT2D eigenvalue weighted by Crippen LogP contribution is -2.09. The molecule has 20 heavy (non-hydrogen) atoms. The number of nitro groups is 1. The molecule has 0 aliphatic rings. The second kappa shape index (κ2) is 10.3. The molecular formula is C11H17FN2O5P+. The van der Waals surface area contributed by atoms with E-state index in [1.807, 2.05) is 0 Å². The van der Waals surface area contributed by atoms with Crippen LogP contribution >= 0.6 is 8.25 Å². The summed E-state index contributed by atoms with van der Waals surface area (Å²) >= 11 is 0. The zero-order valence-corrected chi connectivity index (χ0v) is 12.1. The molecule has 0 radical (unpaired) electrons. The van der Waals surface area contributed by atoms with Gasteiger partial charge in [0.2, 0.25) is 5.82 Å². The van der Waals surface area contributed by atoms with E-state index < -0.39 is 24.7 Å². The lowest BCUT2D eigenvalue weighted by molar-refractivity contribution is -0.387. The van der Waals surface area contributed by atoms with Crippen LogP contribution in [0.5, 0.6) is 0 Å². The van der Waals surface area contributed by atoms with Gasteiger partial charge in [0.1, 0.15) is 6.61 Å². The molecule has 1 unspecified atom stereocenters. The number of rotatable bonds is 6. The highest BCUT2D eigenvalue weighted by atomic mass is 31.1. The molecule has 0 fully saturated rings. The van der Waals surface area contributed by atoms with Crippen LogP contribution in [0.25, 0.3) is 0 Å². The first kappa shape index (κ1) is 18.5. The van der Waals surface area contributed by atoms with Crippen molar-refractivity contribution in [2.45, 2.75) is 20.5 Å². The molecule has 112 valence electrons. The van der Waals surface area contributed by atoms with E-state index in [4.69, 9.17) is 4.89 Å². The first-order valence-electron chi connectivity index (χ1n) is 5.84. The highest BCUT2D eigenvalue weighted by Gasteiger charge is 2.16. The largest absolute Gasteiger partial charge is 0.695 e. The number of hydrogen-bond donors (Lipinski definition) is 2. The van der Waals surface area contributed by atoms with E-state index in [2.05, 4.69) is 23.7 Å². The molecule has 1 atom stereocenters. The van der Waals surface area contributed by atoms with Crippen molar-refractivity contribution in [3.05, 3.63) is 39.7 Å². The summed E-state index contributed by atoms with van der Waals surface area (Å²) in [6.45, 7) is 6.11. The minimum atomic E-state index is -2.76. The Morgan fingerprint density at radius 2 is 2.05 bits per heavy atom. The summed E-state index contributed by atoms with van der Waals surface area (Å²) in [7, 11) is -2.76. The molecule has 7 nitrogen and oxygen atoms in total. The topological polar surface area (TPSA) is 102 Å². The average Bonchev–Trinajstić information content (AvgIpc) is 2.37. The second-order valence-electron chi connectivity index (χ2n) is 3.51. The van der Waals surface area contributed by atoms with Crippen LogP contribution in [0.2, 0.25) is 0 Å². The Morgan fingerprint density at radius 3 is 2.40 bits per heavy atom. The van der Waals surface area contributed by atoms with Crippen molar-refractivity contribution >= 4 is 13.9 Å². The van der Waals surface area contributed by atoms with Crippen LogP contribution < -0.4 is 5.32 Å². The minimum absolute atomic E-state index is 0.246. The van der Waals surface area contributed by atoms with Gasteiger partial charge >= 0.3 is 13.9 Å². The van der Waals surface area contributed by atoms with Gasteiger partial charge in [-0.3, -0.25) is 10.1 Å². The fourth-order valence-electron chi connectivity index (χ4n) is 1.17. The van der Waals surface area contributed by atoms with Crippen LogP contribution in [-0.4, -0.2) is 22.9 Å². The Bertz CT molecular complexity index is 456. The normalized spacial score (nSPS) is 10.5. The van der Waals surface area contributed by atoms with Crippen molar-refractivity contribution in [3.63, 3.8) is 0 Å². The SMILES string of the molecule is CCNCC.O=[N+]([O-])c1ccc(CO[P+](=O)O)cc1F. The molecule has 1 aromatic carbocycles. The first-order valence-corrected chi connectivity index (χ1v) is 6.97. The van der Waals surface area contributed by atoms with E-state index in [0.717, 1.165) is 25.2 Å². The van der Waals surface area contributed by atoms with Gasteiger partial charge in [-0.1, -0.05) is 13.8 Å². The molecule has 0 bridgehead atoms. The summed E-state index contributed by atoms with van der Waals surface area (Å²) in [4.78, 5) is 17.7. The molecule has 0 saturated carbocycles. The molecule has 1 aromatic rings. The Morgan fingerprint density at radius 1 is 1.45 bits per heavy atom. The van der Waals surface area contributed by atoms with Crippen LogP contribution in [0.1, 0.15) is 19.4 Å². The summed E-state index contributed by atoms with van der Waals surface area (Å²) in [5.41, 5.74) is -0.400. The molecule has 0 aromatic heterocycles. The Kier molecular flexibility index (Phi) is 9.57. The van der Waals surface area contributed by atoms with Crippen LogP contribution in [-0.2, 0) is 15.7 Å². The van der Waals surface area contributed by atoms with E-state index in [-0.39, 0.29) is 12.2 Å². The number of benzene rings is 1. The van der Waals surface area contributed by atoms with Gasteiger partial charge in [-0.15, -0.1) is 9.42 Å². The summed E-state index contributed by atoms with van der Waals surface area (Å²) in [6, 6.07) is 3.11. The van der Waals surface area contributed by atoms with Crippen molar-refractivity contribution in [2.24, 2.45) is 0 Å². The van der Waals surface area contributed by atoms with E-state index in [9.17, 15) is 19.1 Å². The highest BCUT2D eigenvalue weighted by Crippen LogP contribution is 2.22. The third-order valence-corrected chi connectivity index (χ3v) is 2.40. The Hall–Kier alpha value is -1.47. The van der Waals surface area contributed by atoms with Crippen molar-refractivity contribution in [1.82, 2.24) is 5.32 Å². The van der Waals surface area contributed by atoms with Crippen molar-refractivity contribution in [1.29, 1.82) is 0 Å². The van der Waals surface area contributed by atoms with E-state index in [0.29, 0.717) is 0 Å². The molecular weight excluding hydrogens is 290 g/mol. The number of nitro benzene ring substituents is 1. The first-order chi connectivity index (χ1) is 9.42. The fourth-order valence-corrected chi connectivity index (χ4v) is 1.43. The summed E-state index contributed by atoms with van der Waals surface area (Å²) in [5, 5.41) is 13.4. The van der Waals surface area contributed by atoms with Gasteiger partial charge in [-0.05, 0) is 30.8 Å². The van der Waals surface area contributed by atoms with Crippen molar-refractivity contribution in [3.8, 4) is 0 Å². The van der Waals surface area contributed by atoms with Crippen molar-refractivity contribution < 1.29 is 23.3 Å². The molecule has 0 aliphatic heterocycles. The number of nitrogens with zero attached hydrogens (tertiary/aromatic N) is 1. The minimum Gasteiger partial charge on any atom is -0.317 e. The van der Waals surface area contributed by atoms with E-state index in [1.165, 1.54) is 6.07 Å². The molecule has 0 aliphatic carbocycles. The monoisotopic (exact) mass is 307 g/mol. The van der Waals surface area contributed by atoms with Crippen LogP contribution in [0, 0.1) is 15.9 Å². The maximum absolute atomic E-state index is 13.0. The molecule has 0 saturated heterocycles. The highest BCUT2D eigenvalue weighted by molar-refractivity contribution is 7.32. The van der Waals surface area contributed by atoms with E-state index >= 15 is 0 Å². The average molecular weight is 307 g/mol. The smallest absolute Gasteiger partial charge is 0.317 e. The van der Waals surface area contributed by atoms with Crippen LogP contribution in [0.4, 0.5) is 10.1 Å². The van der Waals surface area contributed by atoms with Gasteiger partial charge in [0, 0.05) is 10.6 Å². The Balaban J connectivity index is 0.000000621. The number of halogens is 1. The zero-order chi connectivity index (χ0) is 15.5. The number of nitrogens with one attached hydrogen (secondary N) is 1. The van der Waals surface area contributed by atoms with Gasteiger partial charge in [-0.2, -0.15) is 4.39 Å². The zero-order valence-electron chi connectivity index (χ0n) is 11.2. The molecule has 0 heterocycles. The standard InChI is InChI=1S/C7H5FNO5P.C4H11N/c8-6-3-5(4-14-15(12)13)1-2-7(6)9(10)11;1-3-5-4-2/h1-3H,4H2;5H,3-4H2,1-2H3/p+1. The summed E-state index contributed by atoms with van der Waals surface area (Å²) in [6.07, 6.45) is 0. The molecule has 2 N–H and O–H groups in total. The third kappa shape index (κ3) is 7.85. The lowest BCUT2D eigenvalue weighted by Gasteiger charge is -1.96. The second-order valence-corrected chi connectivity index (χ2v) is 4.25. The fraction of sp³-hybridized carbons (Fsp3) is 0.455. The summed E-state index contributed by atoms with van der Waals surface area (Å²) in [5.74, 6) is -1.01. The predicted molar refractivity (Wildman–Crippen MR) is 71.9 cm³/mol. The lowest BCUT2D eigenvalue weighted by atomic mass is 10.2. The van der Waals surface area contributed by atoms with Gasteiger partial charge < -0.3 is 5.32 Å². The van der Waals surface area contributed by atoms with Gasteiger partial charge in [-0.25, -0.2) is 0 Å².